The normalized spacial score (nSPS) is 11.5. The summed E-state index contributed by atoms with van der Waals surface area (Å²) in [7, 11) is 0. The van der Waals surface area contributed by atoms with Gasteiger partial charge in [0.2, 0.25) is 17.7 Å². The molecule has 1 heterocycles. The Hall–Kier alpha value is -4.09. The quantitative estimate of drug-likeness (QED) is 0.152. The molecule has 4 N–H and O–H groups in total. The number of para-hydroxylation sites is 1. The van der Waals surface area contributed by atoms with Crippen molar-refractivity contribution in [1.29, 1.82) is 0 Å². The van der Waals surface area contributed by atoms with Gasteiger partial charge >= 0.3 is 0 Å². The number of amides is 3. The molecule has 0 fully saturated rings. The SMILES string of the molecule is O=C(CC(CCOCc1ccccc1)C(=O)NCc1cn(CCC(=O)Nc2ccccc2)nn1)NO. The zero-order chi connectivity index (χ0) is 25.6. The molecule has 3 amide bonds. The predicted octanol–water partition coefficient (Wildman–Crippen LogP) is 2.04. The van der Waals surface area contributed by atoms with Gasteiger partial charge in [0.05, 0.1) is 25.9 Å². The number of hydrogen-bond acceptors (Lipinski definition) is 7. The van der Waals surface area contributed by atoms with Crippen LogP contribution in [0, 0.1) is 5.92 Å². The van der Waals surface area contributed by atoms with E-state index in [0.29, 0.717) is 25.3 Å². The molecule has 2 aromatic carbocycles. The summed E-state index contributed by atoms with van der Waals surface area (Å²) < 4.78 is 7.16. The molecule has 3 rings (SSSR count). The second-order valence-electron chi connectivity index (χ2n) is 8.12. The van der Waals surface area contributed by atoms with Gasteiger partial charge < -0.3 is 15.4 Å². The Bertz CT molecular complexity index is 1110. The lowest BCUT2D eigenvalue weighted by atomic mass is 10.0. The summed E-state index contributed by atoms with van der Waals surface area (Å²) in [6, 6.07) is 18.8. The van der Waals surface area contributed by atoms with Crippen LogP contribution in [0.1, 0.15) is 30.5 Å². The lowest BCUT2D eigenvalue weighted by molar-refractivity contribution is -0.135. The second-order valence-corrected chi connectivity index (χ2v) is 8.12. The molecular formula is C25H30N6O5. The summed E-state index contributed by atoms with van der Waals surface area (Å²) in [6.45, 7) is 1.11. The molecule has 11 heteroatoms. The zero-order valence-corrected chi connectivity index (χ0v) is 19.8. The molecule has 0 spiro atoms. The first-order valence-electron chi connectivity index (χ1n) is 11.6. The number of carbonyl (C=O) groups excluding carboxylic acids is 3. The van der Waals surface area contributed by atoms with E-state index in [4.69, 9.17) is 9.94 Å². The van der Waals surface area contributed by atoms with E-state index in [9.17, 15) is 14.4 Å². The van der Waals surface area contributed by atoms with Gasteiger partial charge in [0.1, 0.15) is 5.69 Å². The van der Waals surface area contributed by atoms with Crippen LogP contribution in [0.15, 0.2) is 66.9 Å². The van der Waals surface area contributed by atoms with E-state index in [0.717, 1.165) is 11.3 Å². The average Bonchev–Trinajstić information content (AvgIpc) is 3.36. The fraction of sp³-hybridized carbons (Fsp3) is 0.320. The van der Waals surface area contributed by atoms with Crippen molar-refractivity contribution < 1.29 is 24.3 Å². The Kier molecular flexibility index (Phi) is 10.6. The van der Waals surface area contributed by atoms with Crippen LogP contribution < -0.4 is 16.1 Å². The predicted molar refractivity (Wildman–Crippen MR) is 130 cm³/mol. The molecule has 36 heavy (non-hydrogen) atoms. The highest BCUT2D eigenvalue weighted by Crippen LogP contribution is 2.11. The Labute approximate surface area is 208 Å². The van der Waals surface area contributed by atoms with Gasteiger partial charge in [-0.3, -0.25) is 24.3 Å². The van der Waals surface area contributed by atoms with Gasteiger partial charge in [0.25, 0.3) is 0 Å². The molecule has 0 aliphatic heterocycles. The molecule has 11 nitrogen and oxygen atoms in total. The Morgan fingerprint density at radius 2 is 1.72 bits per heavy atom. The molecule has 1 aromatic heterocycles. The molecule has 0 bridgehead atoms. The van der Waals surface area contributed by atoms with Crippen molar-refractivity contribution >= 4 is 23.4 Å². The molecular weight excluding hydrogens is 464 g/mol. The van der Waals surface area contributed by atoms with Crippen molar-refractivity contribution in [3.05, 3.63) is 78.1 Å². The van der Waals surface area contributed by atoms with Gasteiger partial charge in [-0.15, -0.1) is 5.10 Å². The zero-order valence-electron chi connectivity index (χ0n) is 19.8. The maximum atomic E-state index is 12.7. The summed E-state index contributed by atoms with van der Waals surface area (Å²) in [4.78, 5) is 36.4. The van der Waals surface area contributed by atoms with Crippen molar-refractivity contribution in [1.82, 2.24) is 25.8 Å². The number of nitrogens with zero attached hydrogens (tertiary/aromatic N) is 3. The fourth-order valence-corrected chi connectivity index (χ4v) is 3.40. The van der Waals surface area contributed by atoms with E-state index < -0.39 is 11.8 Å². The number of rotatable bonds is 14. The molecule has 0 saturated heterocycles. The average molecular weight is 495 g/mol. The largest absolute Gasteiger partial charge is 0.377 e. The number of hydroxylamine groups is 1. The molecule has 1 unspecified atom stereocenters. The van der Waals surface area contributed by atoms with Gasteiger partial charge in [-0.2, -0.15) is 0 Å². The van der Waals surface area contributed by atoms with Gasteiger partial charge in [-0.1, -0.05) is 53.7 Å². The highest BCUT2D eigenvalue weighted by atomic mass is 16.5. The molecule has 190 valence electrons. The van der Waals surface area contributed by atoms with Crippen molar-refractivity contribution in [3.8, 4) is 0 Å². The lowest BCUT2D eigenvalue weighted by Crippen LogP contribution is -2.34. The van der Waals surface area contributed by atoms with Crippen LogP contribution in [0.5, 0.6) is 0 Å². The van der Waals surface area contributed by atoms with Gasteiger partial charge in [-0.25, -0.2) is 5.48 Å². The Balaban J connectivity index is 1.42. The minimum atomic E-state index is -0.690. The number of nitrogens with one attached hydrogen (secondary N) is 3. The molecule has 3 aromatic rings. The number of benzene rings is 2. The molecule has 1 atom stereocenters. The van der Waals surface area contributed by atoms with E-state index in [1.807, 2.05) is 48.5 Å². The standard InChI is InChI=1S/C25H30N6O5/c32-23(27-21-9-5-2-6-10-21)11-13-31-17-22(28-30-31)16-26-25(34)20(15-24(33)29-35)12-14-36-18-19-7-3-1-4-8-19/h1-10,17,20,35H,11-16,18H2,(H,26,34)(H,27,32)(H,29,33). The van der Waals surface area contributed by atoms with Crippen LogP contribution in [0.2, 0.25) is 0 Å². The Morgan fingerprint density at radius 1 is 1.00 bits per heavy atom. The van der Waals surface area contributed by atoms with Crippen molar-refractivity contribution in [2.75, 3.05) is 11.9 Å². The van der Waals surface area contributed by atoms with E-state index in [1.165, 1.54) is 4.68 Å². The van der Waals surface area contributed by atoms with Crippen molar-refractivity contribution in [2.24, 2.45) is 5.92 Å². The number of aromatic nitrogens is 3. The first-order valence-corrected chi connectivity index (χ1v) is 11.6. The van der Waals surface area contributed by atoms with Gasteiger partial charge in [-0.05, 0) is 24.1 Å². The molecule has 0 saturated carbocycles. The highest BCUT2D eigenvalue weighted by Gasteiger charge is 2.22. The minimum Gasteiger partial charge on any atom is -0.377 e. The smallest absolute Gasteiger partial charge is 0.244 e. The van der Waals surface area contributed by atoms with Gasteiger partial charge in [0.15, 0.2) is 0 Å². The topological polar surface area (TPSA) is 147 Å². The third kappa shape index (κ3) is 9.28. The maximum absolute atomic E-state index is 12.7. The second kappa shape index (κ2) is 14.3. The highest BCUT2D eigenvalue weighted by molar-refractivity contribution is 5.90. The van der Waals surface area contributed by atoms with Crippen molar-refractivity contribution in [2.45, 2.75) is 39.0 Å². The fourth-order valence-electron chi connectivity index (χ4n) is 3.40. The Morgan fingerprint density at radius 3 is 2.44 bits per heavy atom. The number of ether oxygens (including phenoxy) is 1. The monoisotopic (exact) mass is 494 g/mol. The van der Waals surface area contributed by atoms with Crippen LogP contribution in [0.4, 0.5) is 5.69 Å². The summed E-state index contributed by atoms with van der Waals surface area (Å²) in [5.41, 5.74) is 3.80. The maximum Gasteiger partial charge on any atom is 0.244 e. The first-order chi connectivity index (χ1) is 17.5. The van der Waals surface area contributed by atoms with Crippen LogP contribution in [-0.4, -0.2) is 44.5 Å². The van der Waals surface area contributed by atoms with Crippen LogP contribution >= 0.6 is 0 Å². The number of aryl methyl sites for hydroxylation is 1. The number of carbonyl (C=O) groups is 3. The summed E-state index contributed by atoms with van der Waals surface area (Å²) >= 11 is 0. The third-order valence-electron chi connectivity index (χ3n) is 5.30. The van der Waals surface area contributed by atoms with Crippen LogP contribution in [0.3, 0.4) is 0 Å². The number of anilines is 1. The summed E-state index contributed by atoms with van der Waals surface area (Å²) in [6.07, 6.45) is 1.98. The first kappa shape index (κ1) is 26.5. The van der Waals surface area contributed by atoms with Gasteiger partial charge in [0, 0.05) is 31.1 Å². The summed E-state index contributed by atoms with van der Waals surface area (Å²) in [5.74, 6) is -1.85. The minimum absolute atomic E-state index is 0.108. The number of hydrogen-bond donors (Lipinski definition) is 4. The van der Waals surface area contributed by atoms with E-state index >= 15 is 0 Å². The third-order valence-corrected chi connectivity index (χ3v) is 5.30. The molecule has 0 aliphatic carbocycles. The van der Waals surface area contributed by atoms with Crippen LogP contribution in [0.25, 0.3) is 0 Å². The molecule has 0 aliphatic rings. The van der Waals surface area contributed by atoms with E-state index in [-0.39, 0.29) is 37.8 Å². The van der Waals surface area contributed by atoms with E-state index in [2.05, 4.69) is 20.9 Å². The lowest BCUT2D eigenvalue weighted by Gasteiger charge is -2.15. The van der Waals surface area contributed by atoms with Crippen molar-refractivity contribution in [3.63, 3.8) is 0 Å². The van der Waals surface area contributed by atoms with E-state index in [1.54, 1.807) is 23.8 Å². The molecule has 0 radical (unpaired) electrons. The van der Waals surface area contributed by atoms with Crippen LogP contribution in [-0.2, 0) is 38.8 Å². The summed E-state index contributed by atoms with van der Waals surface area (Å²) in [5, 5.41) is 22.4.